The van der Waals surface area contributed by atoms with Gasteiger partial charge in [0, 0.05) is 22.9 Å². The highest BCUT2D eigenvalue weighted by Gasteiger charge is 2.27. The molecule has 1 saturated heterocycles. The third-order valence-corrected chi connectivity index (χ3v) is 5.90. The minimum atomic E-state index is 0.0310. The van der Waals surface area contributed by atoms with Gasteiger partial charge in [0.05, 0.1) is 0 Å². The smallest absolute Gasteiger partial charge is 0.256 e. The van der Waals surface area contributed by atoms with Crippen LogP contribution in [0.5, 0.6) is 0 Å². The van der Waals surface area contributed by atoms with E-state index in [2.05, 4.69) is 49.2 Å². The predicted octanol–water partition coefficient (Wildman–Crippen LogP) is 5.05. The van der Waals surface area contributed by atoms with E-state index in [9.17, 15) is 4.79 Å². The van der Waals surface area contributed by atoms with Gasteiger partial charge in [-0.2, -0.15) is 0 Å². The molecular weight excluding hydrogens is 308 g/mol. The molecule has 2 aliphatic heterocycles. The maximum Gasteiger partial charge on any atom is 0.256 e. The third-order valence-electron chi connectivity index (χ3n) is 5.90. The average molecular weight is 341 g/mol. The Balaban J connectivity index is 1.61. The number of fused-ring (bicyclic) bond motifs is 1. The SMILES string of the molecule is CC=C1C(=O)Nc2cc(C3CCN(C(C)CCC(C)C)CC3)ccc21. The summed E-state index contributed by atoms with van der Waals surface area (Å²) < 4.78 is 0. The van der Waals surface area contributed by atoms with Crippen molar-refractivity contribution >= 4 is 17.2 Å². The minimum Gasteiger partial charge on any atom is -0.321 e. The monoisotopic (exact) mass is 340 g/mol. The summed E-state index contributed by atoms with van der Waals surface area (Å²) in [4.78, 5) is 14.6. The minimum absolute atomic E-state index is 0.0310. The van der Waals surface area contributed by atoms with Crippen molar-refractivity contribution in [2.24, 2.45) is 5.92 Å². The van der Waals surface area contributed by atoms with Gasteiger partial charge in [0.25, 0.3) is 5.91 Å². The van der Waals surface area contributed by atoms with E-state index in [1.54, 1.807) is 0 Å². The molecule has 0 bridgehead atoms. The van der Waals surface area contributed by atoms with Crippen LogP contribution in [0.1, 0.15) is 70.4 Å². The first-order chi connectivity index (χ1) is 12.0. The van der Waals surface area contributed by atoms with Gasteiger partial charge in [-0.15, -0.1) is 0 Å². The molecular formula is C22H32N2O. The van der Waals surface area contributed by atoms with Crippen molar-refractivity contribution in [2.75, 3.05) is 18.4 Å². The molecule has 2 heterocycles. The summed E-state index contributed by atoms with van der Waals surface area (Å²) in [5.41, 5.74) is 4.22. The number of likely N-dealkylation sites (tertiary alicyclic amines) is 1. The quantitative estimate of drug-likeness (QED) is 0.761. The molecule has 1 atom stereocenters. The van der Waals surface area contributed by atoms with Crippen molar-refractivity contribution in [3.63, 3.8) is 0 Å². The van der Waals surface area contributed by atoms with Crippen molar-refractivity contribution in [3.8, 4) is 0 Å². The fraction of sp³-hybridized carbons (Fsp3) is 0.591. The van der Waals surface area contributed by atoms with E-state index in [1.807, 2.05) is 13.0 Å². The molecule has 3 rings (SSSR count). The van der Waals surface area contributed by atoms with Crippen LogP contribution in [0.3, 0.4) is 0 Å². The third kappa shape index (κ3) is 3.98. The second-order valence-electron chi connectivity index (χ2n) is 8.09. The Labute approximate surface area is 152 Å². The van der Waals surface area contributed by atoms with Gasteiger partial charge >= 0.3 is 0 Å². The number of carbonyl (C=O) groups excluding carboxylic acids is 1. The first-order valence-electron chi connectivity index (χ1n) is 9.85. The van der Waals surface area contributed by atoms with Gasteiger partial charge in [-0.3, -0.25) is 4.79 Å². The number of hydrogen-bond acceptors (Lipinski definition) is 2. The highest BCUT2D eigenvalue weighted by molar-refractivity contribution is 6.31. The molecule has 25 heavy (non-hydrogen) atoms. The second kappa shape index (κ2) is 7.74. The molecule has 1 N–H and O–H groups in total. The average Bonchev–Trinajstić information content (AvgIpc) is 2.93. The Hall–Kier alpha value is -1.61. The van der Waals surface area contributed by atoms with Gasteiger partial charge in [-0.1, -0.05) is 32.1 Å². The van der Waals surface area contributed by atoms with Crippen LogP contribution in [0.25, 0.3) is 5.57 Å². The molecule has 0 spiro atoms. The second-order valence-corrected chi connectivity index (χ2v) is 8.09. The molecule has 0 saturated carbocycles. The number of allylic oxidation sites excluding steroid dienone is 1. The highest BCUT2D eigenvalue weighted by Crippen LogP contribution is 2.37. The van der Waals surface area contributed by atoms with E-state index in [1.165, 1.54) is 44.3 Å². The summed E-state index contributed by atoms with van der Waals surface area (Å²) in [7, 11) is 0. The van der Waals surface area contributed by atoms with Crippen molar-refractivity contribution in [3.05, 3.63) is 35.4 Å². The molecule has 1 aromatic rings. The van der Waals surface area contributed by atoms with Crippen LogP contribution in [0.4, 0.5) is 5.69 Å². The summed E-state index contributed by atoms with van der Waals surface area (Å²) in [6.07, 6.45) is 6.96. The van der Waals surface area contributed by atoms with Gasteiger partial charge in [-0.25, -0.2) is 0 Å². The van der Waals surface area contributed by atoms with Crippen LogP contribution in [-0.2, 0) is 4.79 Å². The Bertz CT molecular complexity index is 654. The number of nitrogens with zero attached hydrogens (tertiary/aromatic N) is 1. The first-order valence-corrected chi connectivity index (χ1v) is 9.85. The van der Waals surface area contributed by atoms with Crippen molar-refractivity contribution in [1.29, 1.82) is 0 Å². The first kappa shape index (κ1) is 18.2. The zero-order valence-electron chi connectivity index (χ0n) is 16.1. The van der Waals surface area contributed by atoms with Gasteiger partial charge in [0.15, 0.2) is 0 Å². The van der Waals surface area contributed by atoms with Crippen LogP contribution < -0.4 is 5.32 Å². The zero-order chi connectivity index (χ0) is 18.0. The summed E-state index contributed by atoms with van der Waals surface area (Å²) in [6, 6.07) is 7.24. The predicted molar refractivity (Wildman–Crippen MR) is 106 cm³/mol. The van der Waals surface area contributed by atoms with Gasteiger partial charge in [0.2, 0.25) is 0 Å². The number of piperidine rings is 1. The number of rotatable bonds is 5. The van der Waals surface area contributed by atoms with Gasteiger partial charge in [0.1, 0.15) is 0 Å². The normalized spacial score (nSPS) is 21.6. The van der Waals surface area contributed by atoms with Gasteiger partial charge < -0.3 is 10.2 Å². The maximum atomic E-state index is 12.0. The molecule has 0 radical (unpaired) electrons. The lowest BCUT2D eigenvalue weighted by atomic mass is 9.87. The van der Waals surface area contributed by atoms with Crippen molar-refractivity contribution in [2.45, 2.75) is 65.3 Å². The molecule has 0 aliphatic carbocycles. The van der Waals surface area contributed by atoms with Crippen LogP contribution in [0.15, 0.2) is 24.3 Å². The summed E-state index contributed by atoms with van der Waals surface area (Å²) >= 11 is 0. The fourth-order valence-electron chi connectivity index (χ4n) is 4.18. The Morgan fingerprint density at radius 2 is 1.92 bits per heavy atom. The van der Waals surface area contributed by atoms with E-state index >= 15 is 0 Å². The maximum absolute atomic E-state index is 12.0. The van der Waals surface area contributed by atoms with Crippen LogP contribution in [0, 0.1) is 5.92 Å². The number of anilines is 1. The lowest BCUT2D eigenvalue weighted by molar-refractivity contribution is -0.110. The number of amides is 1. The van der Waals surface area contributed by atoms with E-state index in [0.717, 1.165) is 22.7 Å². The van der Waals surface area contributed by atoms with Crippen molar-refractivity contribution < 1.29 is 4.79 Å². The van der Waals surface area contributed by atoms with Crippen LogP contribution >= 0.6 is 0 Å². The molecule has 3 heteroatoms. The molecule has 2 aliphatic rings. The summed E-state index contributed by atoms with van der Waals surface area (Å²) in [5, 5.41) is 3.01. The Kier molecular flexibility index (Phi) is 5.63. The molecule has 1 fully saturated rings. The van der Waals surface area contributed by atoms with Crippen molar-refractivity contribution in [1.82, 2.24) is 4.90 Å². The number of nitrogens with one attached hydrogen (secondary N) is 1. The van der Waals surface area contributed by atoms with Gasteiger partial charge in [-0.05, 0) is 76.1 Å². The number of hydrogen-bond donors (Lipinski definition) is 1. The fourth-order valence-corrected chi connectivity index (χ4v) is 4.18. The number of benzene rings is 1. The Morgan fingerprint density at radius 1 is 1.20 bits per heavy atom. The zero-order valence-corrected chi connectivity index (χ0v) is 16.1. The molecule has 1 unspecified atom stereocenters. The number of carbonyl (C=O) groups is 1. The molecule has 0 aromatic heterocycles. The standard InChI is InChI=1S/C22H32N2O/c1-5-19-20-9-8-18(14-21(20)23-22(19)25)17-10-12-24(13-11-17)16(4)7-6-15(2)3/h5,8-9,14-17H,6-7,10-13H2,1-4H3,(H,23,25). The van der Waals surface area contributed by atoms with Crippen LogP contribution in [0.2, 0.25) is 0 Å². The van der Waals surface area contributed by atoms with E-state index < -0.39 is 0 Å². The van der Waals surface area contributed by atoms with E-state index in [4.69, 9.17) is 0 Å². The summed E-state index contributed by atoms with van der Waals surface area (Å²) in [6.45, 7) is 11.3. The largest absolute Gasteiger partial charge is 0.321 e. The highest BCUT2D eigenvalue weighted by atomic mass is 16.2. The lowest BCUT2D eigenvalue weighted by Gasteiger charge is -2.36. The lowest BCUT2D eigenvalue weighted by Crippen LogP contribution is -2.39. The van der Waals surface area contributed by atoms with Crippen LogP contribution in [-0.4, -0.2) is 29.9 Å². The molecule has 1 amide bonds. The Morgan fingerprint density at radius 3 is 2.56 bits per heavy atom. The molecule has 1 aromatic carbocycles. The topological polar surface area (TPSA) is 32.3 Å². The summed E-state index contributed by atoms with van der Waals surface area (Å²) in [5.74, 6) is 1.44. The van der Waals surface area contributed by atoms with E-state index in [-0.39, 0.29) is 5.91 Å². The van der Waals surface area contributed by atoms with E-state index in [0.29, 0.717) is 12.0 Å². The molecule has 3 nitrogen and oxygen atoms in total. The molecule has 136 valence electrons.